The lowest BCUT2D eigenvalue weighted by Crippen LogP contribution is -2.21. The lowest BCUT2D eigenvalue weighted by Gasteiger charge is -2.10. The fraction of sp³-hybridized carbons (Fsp3) is 0.438. The molecule has 2 aromatic rings. The highest BCUT2D eigenvalue weighted by Gasteiger charge is 2.01. The Balaban J connectivity index is 1.78. The Kier molecular flexibility index (Phi) is 6.56. The van der Waals surface area contributed by atoms with Crippen LogP contribution in [-0.4, -0.2) is 60.9 Å². The average Bonchev–Trinajstić information content (AvgIpc) is 2.56. The van der Waals surface area contributed by atoms with E-state index in [9.17, 15) is 0 Å². The molecule has 0 aliphatic heterocycles. The van der Waals surface area contributed by atoms with Gasteiger partial charge in [0.15, 0.2) is 5.82 Å². The molecule has 1 aromatic carbocycles. The standard InChI is InChI=1S/C16H24N6O/c1-22(2)11-10-18-16-20-15(12-19-21-16)17-9-8-13-4-6-14(23-3)7-5-13/h4-7,12H,8-11H2,1-3H3,(H2,17,18,20,21). The minimum Gasteiger partial charge on any atom is -0.497 e. The van der Waals surface area contributed by atoms with Crippen LogP contribution in [0.15, 0.2) is 30.5 Å². The van der Waals surface area contributed by atoms with Crippen molar-refractivity contribution in [3.8, 4) is 5.75 Å². The van der Waals surface area contributed by atoms with Crippen molar-refractivity contribution in [1.82, 2.24) is 20.1 Å². The van der Waals surface area contributed by atoms with Gasteiger partial charge in [-0.25, -0.2) is 0 Å². The van der Waals surface area contributed by atoms with E-state index >= 15 is 0 Å². The second kappa shape index (κ2) is 8.89. The molecule has 2 rings (SSSR count). The third kappa shape index (κ3) is 6.07. The molecular weight excluding hydrogens is 292 g/mol. The fourth-order valence-electron chi connectivity index (χ4n) is 1.98. The number of hydrogen-bond acceptors (Lipinski definition) is 7. The highest BCUT2D eigenvalue weighted by molar-refractivity contribution is 5.37. The van der Waals surface area contributed by atoms with Gasteiger partial charge in [-0.15, -0.1) is 5.10 Å². The first-order chi connectivity index (χ1) is 11.2. The van der Waals surface area contributed by atoms with Gasteiger partial charge in [-0.3, -0.25) is 0 Å². The van der Waals surface area contributed by atoms with Gasteiger partial charge in [0, 0.05) is 19.6 Å². The second-order valence-electron chi connectivity index (χ2n) is 5.42. The van der Waals surface area contributed by atoms with Gasteiger partial charge >= 0.3 is 0 Å². The summed E-state index contributed by atoms with van der Waals surface area (Å²) < 4.78 is 5.15. The van der Waals surface area contributed by atoms with Crippen molar-refractivity contribution in [1.29, 1.82) is 0 Å². The van der Waals surface area contributed by atoms with E-state index < -0.39 is 0 Å². The minimum absolute atomic E-state index is 0.543. The summed E-state index contributed by atoms with van der Waals surface area (Å²) in [5.41, 5.74) is 1.24. The molecule has 7 nitrogen and oxygen atoms in total. The molecule has 0 aliphatic rings. The molecule has 0 unspecified atom stereocenters. The highest BCUT2D eigenvalue weighted by Crippen LogP contribution is 2.12. The Morgan fingerprint density at radius 2 is 1.87 bits per heavy atom. The number of aromatic nitrogens is 3. The molecule has 0 bridgehead atoms. The molecule has 0 atom stereocenters. The van der Waals surface area contributed by atoms with Crippen LogP contribution in [0.25, 0.3) is 0 Å². The van der Waals surface area contributed by atoms with Crippen molar-refractivity contribution in [3.63, 3.8) is 0 Å². The predicted molar refractivity (Wildman–Crippen MR) is 92.1 cm³/mol. The lowest BCUT2D eigenvalue weighted by atomic mass is 10.1. The summed E-state index contributed by atoms with van der Waals surface area (Å²) in [6.07, 6.45) is 2.53. The molecule has 2 N–H and O–H groups in total. The molecule has 0 saturated carbocycles. The highest BCUT2D eigenvalue weighted by atomic mass is 16.5. The van der Waals surface area contributed by atoms with Crippen LogP contribution in [0.4, 0.5) is 11.8 Å². The summed E-state index contributed by atoms with van der Waals surface area (Å²) in [5, 5.41) is 14.4. The van der Waals surface area contributed by atoms with E-state index in [2.05, 4.69) is 42.8 Å². The Morgan fingerprint density at radius 1 is 1.09 bits per heavy atom. The Labute approximate surface area is 137 Å². The van der Waals surface area contributed by atoms with Gasteiger partial charge in [0.2, 0.25) is 5.95 Å². The van der Waals surface area contributed by atoms with Crippen molar-refractivity contribution in [3.05, 3.63) is 36.0 Å². The molecule has 0 saturated heterocycles. The van der Waals surface area contributed by atoms with Crippen LogP contribution >= 0.6 is 0 Å². The van der Waals surface area contributed by atoms with E-state index in [1.165, 1.54) is 5.56 Å². The summed E-state index contributed by atoms with van der Waals surface area (Å²) >= 11 is 0. The van der Waals surface area contributed by atoms with Crippen LogP contribution in [0, 0.1) is 0 Å². The van der Waals surface area contributed by atoms with E-state index in [0.29, 0.717) is 5.95 Å². The van der Waals surface area contributed by atoms with Crippen molar-refractivity contribution in [2.75, 3.05) is 51.5 Å². The van der Waals surface area contributed by atoms with E-state index in [0.717, 1.165) is 37.6 Å². The number of nitrogens with one attached hydrogen (secondary N) is 2. The monoisotopic (exact) mass is 316 g/mol. The maximum absolute atomic E-state index is 5.15. The number of nitrogens with zero attached hydrogens (tertiary/aromatic N) is 4. The number of anilines is 2. The third-order valence-corrected chi connectivity index (χ3v) is 3.28. The zero-order chi connectivity index (χ0) is 16.5. The average molecular weight is 316 g/mol. The summed E-state index contributed by atoms with van der Waals surface area (Å²) in [6.45, 7) is 2.48. The largest absolute Gasteiger partial charge is 0.497 e. The van der Waals surface area contributed by atoms with E-state index in [-0.39, 0.29) is 0 Å². The van der Waals surface area contributed by atoms with Crippen molar-refractivity contribution < 1.29 is 4.74 Å². The van der Waals surface area contributed by atoms with E-state index in [1.54, 1.807) is 13.3 Å². The number of benzene rings is 1. The summed E-state index contributed by atoms with van der Waals surface area (Å²) in [7, 11) is 5.72. The predicted octanol–water partition coefficient (Wildman–Crippen LogP) is 1.51. The zero-order valence-corrected chi connectivity index (χ0v) is 13.9. The van der Waals surface area contributed by atoms with E-state index in [4.69, 9.17) is 4.74 Å². The molecule has 1 heterocycles. The van der Waals surface area contributed by atoms with Crippen LogP contribution < -0.4 is 15.4 Å². The Morgan fingerprint density at radius 3 is 2.57 bits per heavy atom. The van der Waals surface area contributed by atoms with Crippen LogP contribution in [0.3, 0.4) is 0 Å². The van der Waals surface area contributed by atoms with Gasteiger partial charge in [0.05, 0.1) is 13.3 Å². The lowest BCUT2D eigenvalue weighted by molar-refractivity contribution is 0.414. The van der Waals surface area contributed by atoms with Gasteiger partial charge in [-0.1, -0.05) is 12.1 Å². The first kappa shape index (κ1) is 17.0. The molecular formula is C16H24N6O. The van der Waals surface area contributed by atoms with Crippen LogP contribution in [-0.2, 0) is 6.42 Å². The van der Waals surface area contributed by atoms with E-state index in [1.807, 2.05) is 26.2 Å². The van der Waals surface area contributed by atoms with Crippen molar-refractivity contribution in [2.45, 2.75) is 6.42 Å². The quantitative estimate of drug-likeness (QED) is 0.726. The normalized spacial score (nSPS) is 10.6. The van der Waals surface area contributed by atoms with Crippen LogP contribution in [0.5, 0.6) is 5.75 Å². The first-order valence-electron chi connectivity index (χ1n) is 7.62. The van der Waals surface area contributed by atoms with Crippen molar-refractivity contribution in [2.24, 2.45) is 0 Å². The number of hydrogen-bond donors (Lipinski definition) is 2. The second-order valence-corrected chi connectivity index (χ2v) is 5.42. The van der Waals surface area contributed by atoms with Gasteiger partial charge in [0.1, 0.15) is 5.75 Å². The van der Waals surface area contributed by atoms with Crippen LogP contribution in [0.2, 0.25) is 0 Å². The molecule has 0 radical (unpaired) electrons. The minimum atomic E-state index is 0.543. The molecule has 0 amide bonds. The SMILES string of the molecule is COc1ccc(CCNc2cnnc(NCCN(C)C)n2)cc1. The molecule has 23 heavy (non-hydrogen) atoms. The molecule has 1 aromatic heterocycles. The molecule has 124 valence electrons. The first-order valence-corrected chi connectivity index (χ1v) is 7.62. The van der Waals surface area contributed by atoms with Crippen molar-refractivity contribution >= 4 is 11.8 Å². The van der Waals surface area contributed by atoms with Gasteiger partial charge < -0.3 is 20.3 Å². The molecule has 0 aliphatic carbocycles. The molecule has 0 fully saturated rings. The maximum Gasteiger partial charge on any atom is 0.244 e. The topological polar surface area (TPSA) is 75.2 Å². The number of likely N-dealkylation sites (N-methyl/N-ethyl adjacent to an activating group) is 1. The molecule has 0 spiro atoms. The fourth-order valence-corrected chi connectivity index (χ4v) is 1.98. The van der Waals surface area contributed by atoms with Gasteiger partial charge in [-0.2, -0.15) is 10.1 Å². The van der Waals surface area contributed by atoms with Gasteiger partial charge in [0.25, 0.3) is 0 Å². The number of methoxy groups -OCH3 is 1. The van der Waals surface area contributed by atoms with Gasteiger partial charge in [-0.05, 0) is 38.2 Å². The summed E-state index contributed by atoms with van der Waals surface area (Å²) in [6, 6.07) is 8.06. The Bertz CT molecular complexity index is 587. The number of rotatable bonds is 9. The molecule has 7 heteroatoms. The third-order valence-electron chi connectivity index (χ3n) is 3.28. The zero-order valence-electron chi connectivity index (χ0n) is 13.9. The Hall–Kier alpha value is -2.41. The summed E-state index contributed by atoms with van der Waals surface area (Å²) in [5.74, 6) is 2.14. The van der Waals surface area contributed by atoms with Crippen LogP contribution in [0.1, 0.15) is 5.56 Å². The number of ether oxygens (including phenoxy) is 1. The maximum atomic E-state index is 5.15. The smallest absolute Gasteiger partial charge is 0.244 e. The summed E-state index contributed by atoms with van der Waals surface area (Å²) in [4.78, 5) is 6.49.